The molecule has 0 unspecified atom stereocenters. The first-order chi connectivity index (χ1) is 2.64. The fourth-order valence-corrected chi connectivity index (χ4v) is 0. The van der Waals surface area contributed by atoms with Crippen molar-refractivity contribution in [2.45, 2.75) is 0 Å². The summed E-state index contributed by atoms with van der Waals surface area (Å²) < 4.78 is 0. The van der Waals surface area contributed by atoms with E-state index in [2.05, 4.69) is 0 Å². The maximum absolute atomic E-state index is 9.10. The van der Waals surface area contributed by atoms with E-state index in [1.54, 1.807) is 0 Å². The number of carboxylic acid groups (broad SMARTS) is 2. The number of carboxylic acids is 2. The quantitative estimate of drug-likeness (QED) is 0.256. The molecule has 0 spiro atoms. The third-order valence-electron chi connectivity index (χ3n) is 0.183. The van der Waals surface area contributed by atoms with Crippen LogP contribution in [0.3, 0.4) is 0 Å². The second-order valence-corrected chi connectivity index (χ2v) is 0.610. The van der Waals surface area contributed by atoms with Crippen LogP contribution in [0, 0.1) is 0 Å². The minimum atomic E-state index is -1.82. The Morgan fingerprint density at radius 2 is 1.00 bits per heavy atom. The molecule has 0 radical (unpaired) electrons. The average molecular weight is 185 g/mol. The first kappa shape index (κ1) is 32.4. The van der Waals surface area contributed by atoms with Gasteiger partial charge in [0.2, 0.25) is 0 Å². The molecule has 5 N–H and O–H groups in total. The average Bonchev–Trinajstić information content (AvgIpc) is 1.36. The zero-order valence-corrected chi connectivity index (χ0v) is 7.09. The third-order valence-corrected chi connectivity index (χ3v) is 0.183. The SMILES string of the molecule is N.O=C(O)C(=O)O.[Ca+2].[F-].[F-]. The second kappa shape index (κ2) is 16.0. The Kier molecular flexibility index (Phi) is 51.8. The van der Waals surface area contributed by atoms with E-state index < -0.39 is 11.9 Å². The zero-order chi connectivity index (χ0) is 5.15. The summed E-state index contributed by atoms with van der Waals surface area (Å²) in [6, 6.07) is 0. The molecule has 0 bridgehead atoms. The summed E-state index contributed by atoms with van der Waals surface area (Å²) in [5, 5.41) is 14.8. The number of hydrogen-bond donors (Lipinski definition) is 3. The van der Waals surface area contributed by atoms with Crippen molar-refractivity contribution in [3.63, 3.8) is 0 Å². The van der Waals surface area contributed by atoms with Crippen molar-refractivity contribution >= 4 is 49.7 Å². The van der Waals surface area contributed by atoms with Crippen molar-refractivity contribution in [2.75, 3.05) is 0 Å². The molecule has 0 saturated heterocycles. The second-order valence-electron chi connectivity index (χ2n) is 0.610. The van der Waals surface area contributed by atoms with Gasteiger partial charge < -0.3 is 25.8 Å². The molecule has 0 aliphatic heterocycles. The summed E-state index contributed by atoms with van der Waals surface area (Å²) in [5.41, 5.74) is 0. The van der Waals surface area contributed by atoms with E-state index in [0.29, 0.717) is 0 Å². The molecule has 0 aromatic heterocycles. The van der Waals surface area contributed by atoms with Crippen LogP contribution in [0.2, 0.25) is 0 Å². The Morgan fingerprint density at radius 3 is 1.00 bits per heavy atom. The Labute approximate surface area is 84.7 Å². The van der Waals surface area contributed by atoms with Gasteiger partial charge >= 0.3 is 49.7 Å². The molecule has 0 fully saturated rings. The van der Waals surface area contributed by atoms with Gasteiger partial charge in [0.05, 0.1) is 0 Å². The first-order valence-corrected chi connectivity index (χ1v) is 1.11. The van der Waals surface area contributed by atoms with Gasteiger partial charge in [0.25, 0.3) is 0 Å². The summed E-state index contributed by atoms with van der Waals surface area (Å²) in [5.74, 6) is -3.65. The van der Waals surface area contributed by atoms with Crippen molar-refractivity contribution in [3.8, 4) is 0 Å². The Morgan fingerprint density at radius 1 is 0.900 bits per heavy atom. The molecule has 5 nitrogen and oxygen atoms in total. The molecule has 0 amide bonds. The third kappa shape index (κ3) is 24.5. The molecule has 0 aromatic rings. The van der Waals surface area contributed by atoms with Crippen molar-refractivity contribution < 1.29 is 29.2 Å². The molecule has 0 aromatic carbocycles. The number of halogens is 2. The smallest absolute Gasteiger partial charge is 1.00 e. The van der Waals surface area contributed by atoms with Gasteiger partial charge in [-0.3, -0.25) is 0 Å². The standard InChI is InChI=1S/C2H2O4.Ca.2FH.H3N/c3-1(4)2(5)6;;;;/h(H,3,4)(H,5,6);;2*1H;1H3/q;+2;;;/p-2. The van der Waals surface area contributed by atoms with Crippen LogP contribution < -0.4 is 15.6 Å². The molecule has 8 heteroatoms. The summed E-state index contributed by atoms with van der Waals surface area (Å²) in [6.45, 7) is 0. The minimum Gasteiger partial charge on any atom is -1.00 e. The van der Waals surface area contributed by atoms with Gasteiger partial charge in [0, 0.05) is 0 Å². The van der Waals surface area contributed by atoms with Gasteiger partial charge in [0.15, 0.2) is 0 Å². The van der Waals surface area contributed by atoms with Crippen LogP contribution in [0.4, 0.5) is 0 Å². The van der Waals surface area contributed by atoms with Crippen LogP contribution in [-0.2, 0) is 9.59 Å². The van der Waals surface area contributed by atoms with E-state index in [1.807, 2.05) is 0 Å². The van der Waals surface area contributed by atoms with E-state index >= 15 is 0 Å². The van der Waals surface area contributed by atoms with Crippen molar-refractivity contribution in [1.29, 1.82) is 0 Å². The first-order valence-electron chi connectivity index (χ1n) is 1.11. The number of aliphatic carboxylic acids is 2. The fourth-order valence-electron chi connectivity index (χ4n) is 0. The van der Waals surface area contributed by atoms with Gasteiger partial charge in [-0.25, -0.2) is 9.59 Å². The molecule has 10 heavy (non-hydrogen) atoms. The molecular formula is C2H5CaF2NO4. The minimum absolute atomic E-state index is 0. The number of rotatable bonds is 0. The van der Waals surface area contributed by atoms with Crippen LogP contribution in [0.5, 0.6) is 0 Å². The van der Waals surface area contributed by atoms with E-state index in [4.69, 9.17) is 19.8 Å². The van der Waals surface area contributed by atoms with Gasteiger partial charge in [-0.05, 0) is 0 Å². The van der Waals surface area contributed by atoms with Crippen LogP contribution in [-0.4, -0.2) is 59.9 Å². The summed E-state index contributed by atoms with van der Waals surface area (Å²) in [7, 11) is 0. The zero-order valence-electron chi connectivity index (χ0n) is 4.88. The normalized spacial score (nSPS) is 4.40. The molecule has 0 rings (SSSR count). The van der Waals surface area contributed by atoms with E-state index in [-0.39, 0.29) is 53.3 Å². The van der Waals surface area contributed by atoms with Crippen LogP contribution in [0.25, 0.3) is 0 Å². The van der Waals surface area contributed by atoms with E-state index in [0.717, 1.165) is 0 Å². The Bertz CT molecular complexity index is 87.3. The van der Waals surface area contributed by atoms with E-state index in [9.17, 15) is 0 Å². The monoisotopic (exact) mass is 185 g/mol. The summed E-state index contributed by atoms with van der Waals surface area (Å²) in [4.78, 5) is 18.2. The van der Waals surface area contributed by atoms with Gasteiger partial charge in [-0.1, -0.05) is 0 Å². The van der Waals surface area contributed by atoms with Crippen molar-refractivity contribution in [2.24, 2.45) is 0 Å². The molecule has 0 atom stereocenters. The molecule has 0 aliphatic rings. The molecular weight excluding hydrogens is 180 g/mol. The predicted molar refractivity (Wildman–Crippen MR) is 26.0 cm³/mol. The summed E-state index contributed by atoms with van der Waals surface area (Å²) >= 11 is 0. The number of hydrogen-bond acceptors (Lipinski definition) is 3. The van der Waals surface area contributed by atoms with Gasteiger partial charge in [-0.2, -0.15) is 0 Å². The molecule has 0 saturated carbocycles. The maximum Gasteiger partial charge on any atom is 2.00 e. The van der Waals surface area contributed by atoms with Crippen molar-refractivity contribution in [1.82, 2.24) is 6.15 Å². The topological polar surface area (TPSA) is 110 Å². The Hall–Kier alpha value is 0.0197. The molecule has 0 heterocycles. The maximum atomic E-state index is 9.10. The van der Waals surface area contributed by atoms with Crippen LogP contribution >= 0.6 is 0 Å². The van der Waals surface area contributed by atoms with Crippen molar-refractivity contribution in [3.05, 3.63) is 0 Å². The largest absolute Gasteiger partial charge is 2.00 e. The van der Waals surface area contributed by atoms with Crippen LogP contribution in [0.1, 0.15) is 0 Å². The van der Waals surface area contributed by atoms with Gasteiger partial charge in [-0.15, -0.1) is 0 Å². The molecule has 0 aliphatic carbocycles. The van der Waals surface area contributed by atoms with Gasteiger partial charge in [0.1, 0.15) is 0 Å². The van der Waals surface area contributed by atoms with E-state index in [1.165, 1.54) is 0 Å². The predicted octanol–water partition coefficient (Wildman–Crippen LogP) is -7.06. The summed E-state index contributed by atoms with van der Waals surface area (Å²) in [6.07, 6.45) is 0. The molecule has 58 valence electrons. The fraction of sp³-hybridized carbons (Fsp3) is 0. The van der Waals surface area contributed by atoms with Crippen LogP contribution in [0.15, 0.2) is 0 Å². The Balaban J connectivity index is -0.0000000208. The number of carbonyl (C=O) groups is 2.